The molecule has 1 atom stereocenters. The number of thioether (sulfide) groups is 1. The van der Waals surface area contributed by atoms with Crippen LogP contribution in [0.25, 0.3) is 5.76 Å². The predicted octanol–water partition coefficient (Wildman–Crippen LogP) is 2.73. The van der Waals surface area contributed by atoms with Crippen LogP contribution in [-0.4, -0.2) is 25.9 Å². The first-order valence-electron chi connectivity index (χ1n) is 6.49. The molecule has 0 bridgehead atoms. The number of fused-ring (bicyclic) bond motifs is 1. The number of ether oxygens (including phenoxy) is 1. The maximum atomic E-state index is 6.12. The lowest BCUT2D eigenvalue weighted by Gasteiger charge is -2.16. The zero-order valence-electron chi connectivity index (χ0n) is 10.6. The summed E-state index contributed by atoms with van der Waals surface area (Å²) >= 11 is 1.85. The third-order valence-electron chi connectivity index (χ3n) is 3.37. The summed E-state index contributed by atoms with van der Waals surface area (Å²) in [4.78, 5) is 1.29. The molecule has 1 aromatic rings. The summed E-state index contributed by atoms with van der Waals surface area (Å²) in [6.45, 7) is 0. The number of allylic oxidation sites excluding steroid dienone is 6. The topological polar surface area (TPSA) is 63.7 Å². The van der Waals surface area contributed by atoms with E-state index in [1.165, 1.54) is 4.91 Å². The van der Waals surface area contributed by atoms with E-state index in [1.54, 1.807) is 0 Å². The number of nitrogens with one attached hydrogen (secondary N) is 1. The van der Waals surface area contributed by atoms with E-state index in [0.717, 1.165) is 24.2 Å². The van der Waals surface area contributed by atoms with Crippen molar-refractivity contribution in [2.24, 2.45) is 0 Å². The maximum Gasteiger partial charge on any atom is 0.215 e. The van der Waals surface area contributed by atoms with Gasteiger partial charge in [-0.25, -0.2) is 5.10 Å². The number of nitrogens with zero attached hydrogens (tertiary/aromatic N) is 3. The highest BCUT2D eigenvalue weighted by Gasteiger charge is 2.28. The van der Waals surface area contributed by atoms with Crippen LogP contribution in [0.15, 0.2) is 52.7 Å². The van der Waals surface area contributed by atoms with Gasteiger partial charge in [-0.3, -0.25) is 0 Å². The highest BCUT2D eigenvalue weighted by Crippen LogP contribution is 2.43. The lowest BCUT2D eigenvalue weighted by Crippen LogP contribution is -2.07. The molecule has 0 saturated heterocycles. The van der Waals surface area contributed by atoms with Gasteiger partial charge in [0.25, 0.3) is 0 Å². The van der Waals surface area contributed by atoms with Crippen LogP contribution in [0.4, 0.5) is 0 Å². The fourth-order valence-electron chi connectivity index (χ4n) is 2.42. The Bertz CT molecular complexity index is 682. The van der Waals surface area contributed by atoms with Crippen molar-refractivity contribution in [1.82, 2.24) is 20.6 Å². The molecule has 1 unspecified atom stereocenters. The minimum Gasteiger partial charge on any atom is -0.452 e. The molecule has 1 N–H and O–H groups in total. The Morgan fingerprint density at radius 2 is 2.30 bits per heavy atom. The average Bonchev–Trinajstić information content (AvgIpc) is 2.96. The molecule has 1 aromatic heterocycles. The number of hydrogen-bond acceptors (Lipinski definition) is 5. The van der Waals surface area contributed by atoms with E-state index >= 15 is 0 Å². The zero-order chi connectivity index (χ0) is 13.4. The summed E-state index contributed by atoms with van der Waals surface area (Å²) in [5.41, 5.74) is 1.10. The number of rotatable bonds is 1. The van der Waals surface area contributed by atoms with Gasteiger partial charge in [-0.2, -0.15) is 0 Å². The zero-order valence-corrected chi connectivity index (χ0v) is 11.4. The summed E-state index contributed by atoms with van der Waals surface area (Å²) in [7, 11) is 0. The van der Waals surface area contributed by atoms with Gasteiger partial charge in [-0.1, -0.05) is 30.4 Å². The van der Waals surface area contributed by atoms with Crippen molar-refractivity contribution in [3.05, 3.63) is 58.5 Å². The molecule has 0 aromatic carbocycles. The number of H-pyrrole nitrogens is 1. The number of aromatic amines is 1. The van der Waals surface area contributed by atoms with Crippen molar-refractivity contribution < 1.29 is 4.74 Å². The molecule has 2 heterocycles. The van der Waals surface area contributed by atoms with E-state index in [4.69, 9.17) is 4.74 Å². The minimum absolute atomic E-state index is 0.249. The molecular formula is C14H12N4OS. The number of aromatic nitrogens is 4. The van der Waals surface area contributed by atoms with Gasteiger partial charge in [-0.05, 0) is 29.3 Å². The molecule has 0 fully saturated rings. The maximum absolute atomic E-state index is 6.12. The largest absolute Gasteiger partial charge is 0.452 e. The third kappa shape index (κ3) is 1.92. The molecule has 100 valence electrons. The minimum atomic E-state index is 0.249. The van der Waals surface area contributed by atoms with Crippen LogP contribution in [0, 0.1) is 0 Å². The fourth-order valence-corrected chi connectivity index (χ4v) is 3.67. The van der Waals surface area contributed by atoms with Gasteiger partial charge in [0.2, 0.25) is 5.82 Å². The lowest BCUT2D eigenvalue weighted by molar-refractivity contribution is 0.388. The third-order valence-corrected chi connectivity index (χ3v) is 4.72. The molecule has 3 aliphatic rings. The first kappa shape index (κ1) is 11.7. The molecule has 20 heavy (non-hydrogen) atoms. The molecule has 0 amide bonds. The SMILES string of the molecule is C1=CC2=C(c3nnn[nH]3)OC3=C(CCC=C3)SC2C=C1. The Kier molecular flexibility index (Phi) is 2.81. The van der Waals surface area contributed by atoms with Gasteiger partial charge >= 0.3 is 0 Å². The van der Waals surface area contributed by atoms with E-state index in [-0.39, 0.29) is 5.25 Å². The summed E-state index contributed by atoms with van der Waals surface area (Å²) in [6, 6.07) is 0. The molecule has 0 radical (unpaired) electrons. The van der Waals surface area contributed by atoms with Gasteiger partial charge in [0.15, 0.2) is 5.76 Å². The molecule has 4 rings (SSSR count). The van der Waals surface area contributed by atoms with Gasteiger partial charge < -0.3 is 4.74 Å². The fraction of sp³-hybridized carbons (Fsp3) is 0.214. The Morgan fingerprint density at radius 1 is 1.30 bits per heavy atom. The number of tetrazole rings is 1. The van der Waals surface area contributed by atoms with E-state index in [9.17, 15) is 0 Å². The summed E-state index contributed by atoms with van der Waals surface area (Å²) in [5.74, 6) is 2.19. The van der Waals surface area contributed by atoms with Crippen LogP contribution in [0.1, 0.15) is 18.7 Å². The molecule has 2 aliphatic carbocycles. The Morgan fingerprint density at radius 3 is 3.20 bits per heavy atom. The normalized spacial score (nSPS) is 24.3. The average molecular weight is 284 g/mol. The van der Waals surface area contributed by atoms with E-state index in [0.29, 0.717) is 11.6 Å². The predicted molar refractivity (Wildman–Crippen MR) is 77.2 cm³/mol. The Hall–Kier alpha value is -2.08. The van der Waals surface area contributed by atoms with Crippen molar-refractivity contribution in [3.63, 3.8) is 0 Å². The second kappa shape index (κ2) is 4.79. The van der Waals surface area contributed by atoms with E-state index < -0.39 is 0 Å². The smallest absolute Gasteiger partial charge is 0.215 e. The number of hydrogen-bond donors (Lipinski definition) is 1. The second-order valence-electron chi connectivity index (χ2n) is 4.65. The molecule has 6 heteroatoms. The molecule has 0 saturated carbocycles. The Balaban J connectivity index is 1.85. The van der Waals surface area contributed by atoms with Crippen molar-refractivity contribution in [1.29, 1.82) is 0 Å². The Labute approximate surface area is 120 Å². The monoisotopic (exact) mass is 284 g/mol. The second-order valence-corrected chi connectivity index (χ2v) is 5.88. The first-order valence-corrected chi connectivity index (χ1v) is 7.37. The van der Waals surface area contributed by atoms with Crippen LogP contribution in [0.3, 0.4) is 0 Å². The van der Waals surface area contributed by atoms with Gasteiger partial charge in [-0.15, -0.1) is 16.9 Å². The van der Waals surface area contributed by atoms with Crippen molar-refractivity contribution in [2.75, 3.05) is 0 Å². The molecular weight excluding hydrogens is 272 g/mol. The highest BCUT2D eigenvalue weighted by atomic mass is 32.2. The van der Waals surface area contributed by atoms with Crippen LogP contribution in [0.5, 0.6) is 0 Å². The van der Waals surface area contributed by atoms with Crippen molar-refractivity contribution >= 4 is 17.5 Å². The van der Waals surface area contributed by atoms with Crippen LogP contribution >= 0.6 is 11.8 Å². The summed E-state index contributed by atoms with van der Waals surface area (Å²) in [6.07, 6.45) is 14.6. The molecule has 1 aliphatic heterocycles. The lowest BCUT2D eigenvalue weighted by atomic mass is 10.1. The van der Waals surface area contributed by atoms with Crippen LogP contribution in [0.2, 0.25) is 0 Å². The van der Waals surface area contributed by atoms with Gasteiger partial charge in [0, 0.05) is 10.5 Å². The van der Waals surface area contributed by atoms with E-state index in [2.05, 4.69) is 44.9 Å². The van der Waals surface area contributed by atoms with E-state index in [1.807, 2.05) is 23.9 Å². The highest BCUT2D eigenvalue weighted by molar-refractivity contribution is 8.04. The molecule has 5 nitrogen and oxygen atoms in total. The quantitative estimate of drug-likeness (QED) is 0.859. The van der Waals surface area contributed by atoms with Gasteiger partial charge in [0.05, 0.1) is 5.25 Å². The van der Waals surface area contributed by atoms with Crippen LogP contribution < -0.4 is 0 Å². The standard InChI is InChI=1S/C14H12N4OS/c1-3-7-11-9(5-1)13(14-15-17-18-16-14)19-10-6-2-4-8-12(10)20-11/h1-3,5-7,11H,4,8H2,(H,15,16,17,18). The first-order chi connectivity index (χ1) is 9.92. The van der Waals surface area contributed by atoms with Gasteiger partial charge in [0.1, 0.15) is 5.76 Å². The van der Waals surface area contributed by atoms with Crippen molar-refractivity contribution in [3.8, 4) is 0 Å². The van der Waals surface area contributed by atoms with Crippen LogP contribution in [-0.2, 0) is 4.74 Å². The summed E-state index contributed by atoms with van der Waals surface area (Å²) < 4.78 is 6.12. The van der Waals surface area contributed by atoms with Crippen molar-refractivity contribution in [2.45, 2.75) is 18.1 Å². The summed E-state index contributed by atoms with van der Waals surface area (Å²) in [5, 5.41) is 14.3. The molecule has 0 spiro atoms.